The molecule has 0 saturated carbocycles. The largest absolute Gasteiger partial charge is 0.465 e. The van der Waals surface area contributed by atoms with Gasteiger partial charge >= 0.3 is 12.1 Å². The van der Waals surface area contributed by atoms with E-state index in [1.807, 2.05) is 10.6 Å². The first-order valence-corrected chi connectivity index (χ1v) is 2.70. The van der Waals surface area contributed by atoms with Crippen LogP contribution in [-0.4, -0.2) is 29.3 Å². The quantitative estimate of drug-likeness (QED) is 0.346. The third-order valence-corrected chi connectivity index (χ3v) is 1.04. The molecule has 7 nitrogen and oxygen atoms in total. The molecule has 4 N–H and O–H groups in total. The fourth-order valence-corrected chi connectivity index (χ4v) is 0.642. The van der Waals surface area contributed by atoms with Crippen molar-refractivity contribution in [1.29, 1.82) is 0 Å². The van der Waals surface area contributed by atoms with E-state index in [1.54, 1.807) is 5.32 Å². The average Bonchev–Trinajstić information content (AvgIpc) is 2.09. The van der Waals surface area contributed by atoms with Crippen LogP contribution in [0.3, 0.4) is 0 Å². The fraction of sp³-hybridized carbons (Fsp3) is 0.250. The zero-order valence-electron chi connectivity index (χ0n) is 5.25. The molecule has 1 fully saturated rings. The molecule has 11 heavy (non-hydrogen) atoms. The molecule has 1 saturated heterocycles. The standard InChI is InChI=1S/C4H5N3O4/c8-2-1(6-4(10)11)5-3(9)7-2/h1,6H,(H,10,11)(H2,5,7,8,9). The normalized spacial score (nSPS) is 22.4. The molecule has 4 amide bonds. The monoisotopic (exact) mass is 159 g/mol. The lowest BCUT2D eigenvalue weighted by Crippen LogP contribution is -2.45. The van der Waals surface area contributed by atoms with Gasteiger partial charge in [0.15, 0.2) is 6.17 Å². The van der Waals surface area contributed by atoms with Crippen molar-refractivity contribution in [3.8, 4) is 0 Å². The SMILES string of the molecule is O=C(O)NC1NC(=O)NC1=O. The van der Waals surface area contributed by atoms with E-state index in [0.29, 0.717) is 0 Å². The van der Waals surface area contributed by atoms with Crippen molar-refractivity contribution in [2.24, 2.45) is 0 Å². The molecule has 1 unspecified atom stereocenters. The number of carboxylic acid groups (broad SMARTS) is 1. The van der Waals surface area contributed by atoms with E-state index in [2.05, 4.69) is 0 Å². The van der Waals surface area contributed by atoms with Gasteiger partial charge in [0, 0.05) is 0 Å². The topological polar surface area (TPSA) is 108 Å². The zero-order valence-corrected chi connectivity index (χ0v) is 5.25. The van der Waals surface area contributed by atoms with E-state index in [4.69, 9.17) is 5.11 Å². The maximum Gasteiger partial charge on any atom is 0.406 e. The summed E-state index contributed by atoms with van der Waals surface area (Å²) in [6.07, 6.45) is -2.53. The molecular formula is C4H5N3O4. The number of carbonyl (C=O) groups excluding carboxylic acids is 2. The van der Waals surface area contributed by atoms with Crippen molar-refractivity contribution < 1.29 is 19.5 Å². The third kappa shape index (κ3) is 1.57. The average molecular weight is 159 g/mol. The molecule has 7 heteroatoms. The highest BCUT2D eigenvalue weighted by atomic mass is 16.4. The summed E-state index contributed by atoms with van der Waals surface area (Å²) in [5.74, 6) is -0.697. The molecule has 0 aromatic rings. The van der Waals surface area contributed by atoms with E-state index in [-0.39, 0.29) is 0 Å². The maximum atomic E-state index is 10.6. The lowest BCUT2D eigenvalue weighted by molar-refractivity contribution is -0.120. The van der Waals surface area contributed by atoms with Crippen LogP contribution in [0.1, 0.15) is 0 Å². The summed E-state index contributed by atoms with van der Waals surface area (Å²) >= 11 is 0. The van der Waals surface area contributed by atoms with Crippen molar-refractivity contribution >= 4 is 18.0 Å². The molecule has 1 atom stereocenters. The first-order chi connectivity index (χ1) is 5.09. The second kappa shape index (κ2) is 2.45. The van der Waals surface area contributed by atoms with Crippen LogP contribution in [-0.2, 0) is 4.79 Å². The van der Waals surface area contributed by atoms with Crippen molar-refractivity contribution in [3.63, 3.8) is 0 Å². The van der Waals surface area contributed by atoms with Crippen molar-refractivity contribution in [2.45, 2.75) is 6.17 Å². The van der Waals surface area contributed by atoms with Gasteiger partial charge in [-0.1, -0.05) is 0 Å². The van der Waals surface area contributed by atoms with Gasteiger partial charge in [-0.3, -0.25) is 15.4 Å². The van der Waals surface area contributed by atoms with Gasteiger partial charge in [-0.15, -0.1) is 0 Å². The minimum Gasteiger partial charge on any atom is -0.465 e. The van der Waals surface area contributed by atoms with Crippen LogP contribution in [0, 0.1) is 0 Å². The Labute approximate surface area is 60.8 Å². The van der Waals surface area contributed by atoms with Crippen molar-refractivity contribution in [2.75, 3.05) is 0 Å². The summed E-state index contributed by atoms with van der Waals surface area (Å²) in [6, 6.07) is -0.700. The number of urea groups is 1. The van der Waals surface area contributed by atoms with Gasteiger partial charge in [0.1, 0.15) is 0 Å². The van der Waals surface area contributed by atoms with E-state index < -0.39 is 24.2 Å². The Morgan fingerprint density at radius 3 is 2.55 bits per heavy atom. The molecule has 0 aromatic carbocycles. The van der Waals surface area contributed by atoms with Crippen LogP contribution < -0.4 is 16.0 Å². The summed E-state index contributed by atoms with van der Waals surface area (Å²) in [5, 5.41) is 13.8. The Hall–Kier alpha value is -1.79. The van der Waals surface area contributed by atoms with Gasteiger partial charge < -0.3 is 10.4 Å². The van der Waals surface area contributed by atoms with Gasteiger partial charge in [-0.2, -0.15) is 0 Å². The smallest absolute Gasteiger partial charge is 0.406 e. The van der Waals surface area contributed by atoms with E-state index >= 15 is 0 Å². The fourth-order valence-electron chi connectivity index (χ4n) is 0.642. The first kappa shape index (κ1) is 7.32. The molecule has 1 heterocycles. The molecule has 60 valence electrons. The second-order valence-corrected chi connectivity index (χ2v) is 1.85. The Morgan fingerprint density at radius 1 is 1.55 bits per heavy atom. The lowest BCUT2D eigenvalue weighted by atomic mass is 10.5. The number of hydrogen-bond donors (Lipinski definition) is 4. The Bertz CT molecular complexity index is 225. The second-order valence-electron chi connectivity index (χ2n) is 1.85. The number of carbonyl (C=O) groups is 3. The predicted molar refractivity (Wildman–Crippen MR) is 31.6 cm³/mol. The van der Waals surface area contributed by atoms with Crippen LogP contribution >= 0.6 is 0 Å². The summed E-state index contributed by atoms with van der Waals surface area (Å²) in [7, 11) is 0. The van der Waals surface area contributed by atoms with Gasteiger partial charge in [0.2, 0.25) is 0 Å². The Kier molecular flexibility index (Phi) is 1.63. The van der Waals surface area contributed by atoms with Crippen molar-refractivity contribution in [3.05, 3.63) is 0 Å². The number of nitrogens with one attached hydrogen (secondary N) is 3. The summed E-state index contributed by atoms with van der Waals surface area (Å²) in [4.78, 5) is 30.9. The first-order valence-electron chi connectivity index (χ1n) is 2.70. The summed E-state index contributed by atoms with van der Waals surface area (Å²) in [5.41, 5.74) is 0. The van der Waals surface area contributed by atoms with Gasteiger partial charge in [-0.25, -0.2) is 9.59 Å². The molecule has 0 aromatic heterocycles. The van der Waals surface area contributed by atoms with Crippen molar-refractivity contribution in [1.82, 2.24) is 16.0 Å². The molecule has 1 aliphatic heterocycles. The minimum atomic E-state index is -1.37. The predicted octanol–water partition coefficient (Wildman–Crippen LogP) is -1.58. The van der Waals surface area contributed by atoms with Gasteiger partial charge in [0.25, 0.3) is 5.91 Å². The highest BCUT2D eigenvalue weighted by molar-refractivity contribution is 6.04. The van der Waals surface area contributed by atoms with Gasteiger partial charge in [0.05, 0.1) is 0 Å². The van der Waals surface area contributed by atoms with Crippen LogP contribution in [0.25, 0.3) is 0 Å². The molecule has 0 spiro atoms. The summed E-state index contributed by atoms with van der Waals surface area (Å²) in [6.45, 7) is 0. The maximum absolute atomic E-state index is 10.6. The number of amides is 4. The van der Waals surface area contributed by atoms with E-state index in [0.717, 1.165) is 0 Å². The molecular weight excluding hydrogens is 154 g/mol. The van der Waals surface area contributed by atoms with E-state index in [1.165, 1.54) is 0 Å². The van der Waals surface area contributed by atoms with Crippen LogP contribution in [0.2, 0.25) is 0 Å². The Morgan fingerprint density at radius 2 is 2.18 bits per heavy atom. The van der Waals surface area contributed by atoms with Crippen LogP contribution in [0.15, 0.2) is 0 Å². The minimum absolute atomic E-state index is 0.697. The Balaban J connectivity index is 2.53. The van der Waals surface area contributed by atoms with Gasteiger partial charge in [-0.05, 0) is 0 Å². The van der Waals surface area contributed by atoms with Crippen LogP contribution in [0.5, 0.6) is 0 Å². The molecule has 0 bridgehead atoms. The highest BCUT2D eigenvalue weighted by Crippen LogP contribution is 1.87. The molecule has 0 aliphatic carbocycles. The number of hydrogen-bond acceptors (Lipinski definition) is 3. The third-order valence-electron chi connectivity index (χ3n) is 1.04. The zero-order chi connectivity index (χ0) is 8.43. The highest BCUT2D eigenvalue weighted by Gasteiger charge is 2.30. The lowest BCUT2D eigenvalue weighted by Gasteiger charge is -2.04. The molecule has 0 radical (unpaired) electrons. The molecule has 1 aliphatic rings. The summed E-state index contributed by atoms with van der Waals surface area (Å²) < 4.78 is 0. The number of imide groups is 1. The van der Waals surface area contributed by atoms with Crippen LogP contribution in [0.4, 0.5) is 9.59 Å². The van der Waals surface area contributed by atoms with E-state index in [9.17, 15) is 14.4 Å². The molecule has 1 rings (SSSR count). The number of rotatable bonds is 1.